The summed E-state index contributed by atoms with van der Waals surface area (Å²) in [6.45, 7) is 2.08. The number of pyridine rings is 1. The number of benzene rings is 1. The lowest BCUT2D eigenvalue weighted by Gasteiger charge is -2.07. The fraction of sp³-hybridized carbons (Fsp3) is 0.125. The van der Waals surface area contributed by atoms with E-state index in [9.17, 15) is 8.42 Å². The van der Waals surface area contributed by atoms with Crippen LogP contribution < -0.4 is 4.72 Å². The molecule has 3 rings (SSSR count). The summed E-state index contributed by atoms with van der Waals surface area (Å²) in [5.41, 5.74) is 2.84. The second-order valence-corrected chi connectivity index (χ2v) is 7.68. The van der Waals surface area contributed by atoms with Gasteiger partial charge in [-0.2, -0.15) is 0 Å². The highest BCUT2D eigenvalue weighted by molar-refractivity contribution is 7.89. The Kier molecular flexibility index (Phi) is 4.51. The fourth-order valence-electron chi connectivity index (χ4n) is 2.09. The van der Waals surface area contributed by atoms with Gasteiger partial charge in [0.25, 0.3) is 0 Å². The van der Waals surface area contributed by atoms with Crippen LogP contribution in [0, 0.1) is 6.92 Å². The molecule has 0 saturated heterocycles. The topological polar surface area (TPSA) is 72.0 Å². The molecule has 0 atom stereocenters. The highest BCUT2D eigenvalue weighted by Gasteiger charge is 2.14. The van der Waals surface area contributed by atoms with E-state index in [1.807, 2.05) is 24.4 Å². The first kappa shape index (κ1) is 15.8. The van der Waals surface area contributed by atoms with Crippen LogP contribution in [0.2, 0.25) is 0 Å². The fourth-order valence-corrected chi connectivity index (χ4v) is 3.89. The van der Waals surface area contributed by atoms with E-state index in [4.69, 9.17) is 0 Å². The van der Waals surface area contributed by atoms with Crippen LogP contribution in [0.5, 0.6) is 0 Å². The minimum absolute atomic E-state index is 0.201. The maximum Gasteiger partial charge on any atom is 0.240 e. The van der Waals surface area contributed by atoms with Crippen LogP contribution in [0.25, 0.3) is 11.1 Å². The van der Waals surface area contributed by atoms with Gasteiger partial charge in [0.2, 0.25) is 10.0 Å². The Morgan fingerprint density at radius 3 is 2.30 bits per heavy atom. The molecule has 7 heteroatoms. The summed E-state index contributed by atoms with van der Waals surface area (Å²) in [4.78, 5) is 8.46. The third-order valence-electron chi connectivity index (χ3n) is 3.26. The third-order valence-corrected chi connectivity index (χ3v) is 5.64. The number of aromatic nitrogens is 2. The molecule has 0 radical (unpaired) electrons. The van der Waals surface area contributed by atoms with Crippen LogP contribution >= 0.6 is 11.3 Å². The summed E-state index contributed by atoms with van der Waals surface area (Å²) in [6.07, 6.45) is 3.41. The summed E-state index contributed by atoms with van der Waals surface area (Å²) < 4.78 is 27.2. The molecule has 0 saturated carbocycles. The average molecular weight is 345 g/mol. The summed E-state index contributed by atoms with van der Waals surface area (Å²) in [7, 11) is -3.54. The van der Waals surface area contributed by atoms with Gasteiger partial charge in [-0.05, 0) is 42.3 Å². The molecule has 0 aliphatic heterocycles. The Labute approximate surface area is 139 Å². The van der Waals surface area contributed by atoms with Crippen molar-refractivity contribution < 1.29 is 8.42 Å². The standard InChI is InChI=1S/C16H15N3O2S2/c1-12-11-22-16(19-12)10-18-23(20,21)15-4-2-13(3-5-15)14-6-8-17-9-7-14/h2-9,11,18H,10H2,1H3. The second kappa shape index (κ2) is 6.57. The predicted molar refractivity (Wildman–Crippen MR) is 90.5 cm³/mol. The van der Waals surface area contributed by atoms with Crippen molar-refractivity contribution >= 4 is 21.4 Å². The minimum atomic E-state index is -3.54. The maximum atomic E-state index is 12.3. The van der Waals surface area contributed by atoms with Crippen LogP contribution in [0.1, 0.15) is 10.7 Å². The average Bonchev–Trinajstić information content (AvgIpc) is 3.00. The molecule has 118 valence electrons. The molecule has 0 amide bonds. The van der Waals surface area contributed by atoms with Crippen LogP contribution in [0.15, 0.2) is 59.1 Å². The highest BCUT2D eigenvalue weighted by Crippen LogP contribution is 2.20. The Morgan fingerprint density at radius 2 is 1.70 bits per heavy atom. The minimum Gasteiger partial charge on any atom is -0.265 e. The zero-order chi connectivity index (χ0) is 16.3. The normalized spacial score (nSPS) is 11.5. The Hall–Kier alpha value is -2.09. The van der Waals surface area contributed by atoms with Gasteiger partial charge >= 0.3 is 0 Å². The lowest BCUT2D eigenvalue weighted by Crippen LogP contribution is -2.23. The molecule has 23 heavy (non-hydrogen) atoms. The molecule has 0 aliphatic carbocycles. The number of thiazole rings is 1. The van der Waals surface area contributed by atoms with E-state index in [1.165, 1.54) is 11.3 Å². The molecular formula is C16H15N3O2S2. The molecule has 0 aliphatic rings. The molecule has 1 N–H and O–H groups in total. The molecule has 0 bridgehead atoms. The lowest BCUT2D eigenvalue weighted by atomic mass is 10.1. The number of aryl methyl sites for hydroxylation is 1. The zero-order valence-corrected chi connectivity index (χ0v) is 14.1. The molecule has 1 aromatic carbocycles. The molecular weight excluding hydrogens is 330 g/mol. The highest BCUT2D eigenvalue weighted by atomic mass is 32.2. The van der Waals surface area contributed by atoms with Crippen molar-refractivity contribution in [1.82, 2.24) is 14.7 Å². The number of nitrogens with zero attached hydrogens (tertiary/aromatic N) is 2. The van der Waals surface area contributed by atoms with Gasteiger partial charge in [0, 0.05) is 23.5 Å². The zero-order valence-electron chi connectivity index (χ0n) is 12.4. The first-order chi connectivity index (χ1) is 11.0. The van der Waals surface area contributed by atoms with Gasteiger partial charge in [-0.1, -0.05) is 12.1 Å². The quantitative estimate of drug-likeness (QED) is 0.771. The molecule has 0 spiro atoms. The third kappa shape index (κ3) is 3.82. The van der Waals surface area contributed by atoms with Gasteiger partial charge in [0.1, 0.15) is 5.01 Å². The van der Waals surface area contributed by atoms with E-state index in [-0.39, 0.29) is 11.4 Å². The summed E-state index contributed by atoms with van der Waals surface area (Å²) in [5, 5.41) is 2.65. The lowest BCUT2D eigenvalue weighted by molar-refractivity contribution is 0.581. The molecule has 2 aromatic heterocycles. The smallest absolute Gasteiger partial charge is 0.240 e. The van der Waals surface area contributed by atoms with Crippen molar-refractivity contribution in [3.63, 3.8) is 0 Å². The first-order valence-electron chi connectivity index (χ1n) is 6.96. The SMILES string of the molecule is Cc1csc(CNS(=O)(=O)c2ccc(-c3ccncc3)cc2)n1. The molecule has 2 heterocycles. The van der Waals surface area contributed by atoms with E-state index in [2.05, 4.69) is 14.7 Å². The van der Waals surface area contributed by atoms with Crippen molar-refractivity contribution in [3.8, 4) is 11.1 Å². The number of nitrogens with one attached hydrogen (secondary N) is 1. The number of sulfonamides is 1. The summed E-state index contributed by atoms with van der Waals surface area (Å²) >= 11 is 1.44. The number of hydrogen-bond donors (Lipinski definition) is 1. The van der Waals surface area contributed by atoms with Gasteiger partial charge in [-0.15, -0.1) is 11.3 Å². The van der Waals surface area contributed by atoms with Crippen molar-refractivity contribution in [2.75, 3.05) is 0 Å². The maximum absolute atomic E-state index is 12.3. The van der Waals surface area contributed by atoms with Crippen LogP contribution in [0.3, 0.4) is 0 Å². The predicted octanol–water partition coefficient (Wildman–Crippen LogP) is 2.99. The van der Waals surface area contributed by atoms with Crippen LogP contribution in [-0.2, 0) is 16.6 Å². The monoisotopic (exact) mass is 345 g/mol. The molecule has 0 unspecified atom stereocenters. The van der Waals surface area contributed by atoms with E-state index >= 15 is 0 Å². The van der Waals surface area contributed by atoms with E-state index < -0.39 is 10.0 Å². The van der Waals surface area contributed by atoms with Crippen molar-refractivity contribution in [1.29, 1.82) is 0 Å². The van der Waals surface area contributed by atoms with Crippen molar-refractivity contribution in [2.45, 2.75) is 18.4 Å². The molecule has 5 nitrogen and oxygen atoms in total. The Morgan fingerprint density at radius 1 is 1.04 bits per heavy atom. The first-order valence-corrected chi connectivity index (χ1v) is 9.32. The van der Waals surface area contributed by atoms with E-state index in [0.29, 0.717) is 0 Å². The van der Waals surface area contributed by atoms with Gasteiger partial charge in [0.05, 0.1) is 11.4 Å². The van der Waals surface area contributed by atoms with E-state index in [0.717, 1.165) is 21.8 Å². The number of rotatable bonds is 5. The van der Waals surface area contributed by atoms with Gasteiger partial charge < -0.3 is 0 Å². The molecule has 3 aromatic rings. The largest absolute Gasteiger partial charge is 0.265 e. The van der Waals surface area contributed by atoms with Gasteiger partial charge in [0.15, 0.2) is 0 Å². The van der Waals surface area contributed by atoms with Crippen LogP contribution in [0.4, 0.5) is 0 Å². The second-order valence-electron chi connectivity index (χ2n) is 4.97. The van der Waals surface area contributed by atoms with E-state index in [1.54, 1.807) is 36.7 Å². The molecule has 0 fully saturated rings. The van der Waals surface area contributed by atoms with Crippen molar-refractivity contribution in [3.05, 3.63) is 64.9 Å². The van der Waals surface area contributed by atoms with Crippen molar-refractivity contribution in [2.24, 2.45) is 0 Å². The summed E-state index contributed by atoms with van der Waals surface area (Å²) in [6, 6.07) is 10.5. The summed E-state index contributed by atoms with van der Waals surface area (Å²) in [5.74, 6) is 0. The van der Waals surface area contributed by atoms with Gasteiger partial charge in [-0.25, -0.2) is 18.1 Å². The Bertz CT molecular complexity index is 889. The number of hydrogen-bond acceptors (Lipinski definition) is 5. The van der Waals surface area contributed by atoms with Crippen LogP contribution in [-0.4, -0.2) is 18.4 Å². The Balaban J connectivity index is 1.75. The van der Waals surface area contributed by atoms with Gasteiger partial charge in [-0.3, -0.25) is 4.98 Å².